The van der Waals surface area contributed by atoms with Crippen LogP contribution in [0.5, 0.6) is 0 Å². The van der Waals surface area contributed by atoms with Crippen molar-refractivity contribution in [1.82, 2.24) is 10.0 Å². The van der Waals surface area contributed by atoms with Crippen LogP contribution in [0.25, 0.3) is 0 Å². The van der Waals surface area contributed by atoms with E-state index >= 15 is 0 Å². The summed E-state index contributed by atoms with van der Waals surface area (Å²) in [5, 5.41) is 1.73. The maximum atomic E-state index is 11.7. The van der Waals surface area contributed by atoms with E-state index in [1.807, 2.05) is 0 Å². The highest BCUT2D eigenvalue weighted by Gasteiger charge is 2.22. The van der Waals surface area contributed by atoms with Crippen molar-refractivity contribution in [3.05, 3.63) is 29.0 Å². The van der Waals surface area contributed by atoms with Crippen LogP contribution in [-0.2, 0) is 4.84 Å². The van der Waals surface area contributed by atoms with Gasteiger partial charge in [0.1, 0.15) is 0 Å². The Balaban J connectivity index is 2.22. The summed E-state index contributed by atoms with van der Waals surface area (Å²) in [7, 11) is 0. The number of amides is 1. The smallest absolute Gasteiger partial charge is 0.271 e. The van der Waals surface area contributed by atoms with E-state index in [2.05, 4.69) is 4.98 Å². The largest absolute Gasteiger partial charge is 0.280 e. The zero-order valence-electron chi connectivity index (χ0n) is 7.44. The molecule has 4 nitrogen and oxygen atoms in total. The number of halogens is 1. The van der Waals surface area contributed by atoms with Crippen LogP contribution < -0.4 is 0 Å². The summed E-state index contributed by atoms with van der Waals surface area (Å²) in [4.78, 5) is 20.7. The van der Waals surface area contributed by atoms with Crippen molar-refractivity contribution in [2.75, 3.05) is 13.2 Å². The van der Waals surface area contributed by atoms with Gasteiger partial charge >= 0.3 is 0 Å². The maximum Gasteiger partial charge on any atom is 0.280 e. The molecule has 0 saturated carbocycles. The predicted octanol–water partition coefficient (Wildman–Crippen LogP) is 1.51. The molecule has 5 heteroatoms. The lowest BCUT2D eigenvalue weighted by atomic mass is 10.2. The second-order valence-corrected chi connectivity index (χ2v) is 3.36. The third kappa shape index (κ3) is 1.71. The molecule has 0 radical (unpaired) electrons. The van der Waals surface area contributed by atoms with E-state index in [0.29, 0.717) is 23.7 Å². The molecule has 0 bridgehead atoms. The molecule has 1 aromatic rings. The molecule has 1 amide bonds. The van der Waals surface area contributed by atoms with Gasteiger partial charge in [-0.1, -0.05) is 11.6 Å². The fourth-order valence-corrected chi connectivity index (χ4v) is 1.46. The molecular weight excluding hydrogens is 204 g/mol. The van der Waals surface area contributed by atoms with Gasteiger partial charge in [0.2, 0.25) is 0 Å². The quantitative estimate of drug-likeness (QED) is 0.709. The summed E-state index contributed by atoms with van der Waals surface area (Å²) in [6.07, 6.45) is 3.86. The Hall–Kier alpha value is -1.13. The first-order valence-electron chi connectivity index (χ1n) is 4.33. The SMILES string of the molecule is O=C(c1cnccc1Cl)N1CCCO1. The van der Waals surface area contributed by atoms with E-state index in [1.54, 1.807) is 12.3 Å². The molecule has 0 spiro atoms. The topological polar surface area (TPSA) is 42.4 Å². The average Bonchev–Trinajstić information content (AvgIpc) is 2.70. The third-order valence-corrected chi connectivity index (χ3v) is 2.31. The molecule has 74 valence electrons. The second kappa shape index (κ2) is 3.94. The number of nitrogens with zero attached hydrogens (tertiary/aromatic N) is 2. The minimum Gasteiger partial charge on any atom is -0.271 e. The maximum absolute atomic E-state index is 11.7. The Morgan fingerprint density at radius 3 is 3.14 bits per heavy atom. The predicted molar refractivity (Wildman–Crippen MR) is 50.9 cm³/mol. The van der Waals surface area contributed by atoms with Crippen LogP contribution in [0.15, 0.2) is 18.5 Å². The first-order valence-corrected chi connectivity index (χ1v) is 4.71. The Morgan fingerprint density at radius 1 is 1.64 bits per heavy atom. The van der Waals surface area contributed by atoms with E-state index in [4.69, 9.17) is 16.4 Å². The number of carbonyl (C=O) groups is 1. The lowest BCUT2D eigenvalue weighted by Gasteiger charge is -2.13. The highest BCUT2D eigenvalue weighted by molar-refractivity contribution is 6.33. The van der Waals surface area contributed by atoms with Crippen molar-refractivity contribution in [1.29, 1.82) is 0 Å². The lowest BCUT2D eigenvalue weighted by Crippen LogP contribution is -2.26. The Morgan fingerprint density at radius 2 is 2.50 bits per heavy atom. The van der Waals surface area contributed by atoms with Gasteiger partial charge in [0.25, 0.3) is 5.91 Å². The van der Waals surface area contributed by atoms with Crippen LogP contribution in [0.2, 0.25) is 5.02 Å². The first-order chi connectivity index (χ1) is 6.79. The normalized spacial score (nSPS) is 15.9. The molecular formula is C9H9ClN2O2. The van der Waals surface area contributed by atoms with E-state index in [1.165, 1.54) is 11.3 Å². The summed E-state index contributed by atoms with van der Waals surface area (Å²) in [5.74, 6) is -0.222. The summed E-state index contributed by atoms with van der Waals surface area (Å²) < 4.78 is 0. The van der Waals surface area contributed by atoms with Crippen LogP contribution in [0.1, 0.15) is 16.8 Å². The van der Waals surface area contributed by atoms with Gasteiger partial charge in [0.15, 0.2) is 0 Å². The van der Waals surface area contributed by atoms with Gasteiger partial charge in [-0.05, 0) is 12.5 Å². The van der Waals surface area contributed by atoms with Crippen LogP contribution in [0.3, 0.4) is 0 Å². The van der Waals surface area contributed by atoms with Crippen molar-refractivity contribution in [2.24, 2.45) is 0 Å². The summed E-state index contributed by atoms with van der Waals surface area (Å²) >= 11 is 5.85. The number of rotatable bonds is 1. The molecule has 1 fully saturated rings. The molecule has 0 aromatic carbocycles. The van der Waals surface area contributed by atoms with Gasteiger partial charge in [0, 0.05) is 12.4 Å². The van der Waals surface area contributed by atoms with Gasteiger partial charge in [-0.3, -0.25) is 14.6 Å². The number of pyridine rings is 1. The highest BCUT2D eigenvalue weighted by Crippen LogP contribution is 2.17. The zero-order chi connectivity index (χ0) is 9.97. The van der Waals surface area contributed by atoms with Gasteiger partial charge < -0.3 is 0 Å². The molecule has 2 rings (SSSR count). The number of hydroxylamine groups is 2. The fraction of sp³-hybridized carbons (Fsp3) is 0.333. The number of hydrogen-bond donors (Lipinski definition) is 0. The molecule has 1 aromatic heterocycles. The fourth-order valence-electron chi connectivity index (χ4n) is 1.28. The minimum absolute atomic E-state index is 0.222. The molecule has 1 aliphatic rings. The molecule has 1 saturated heterocycles. The molecule has 0 N–H and O–H groups in total. The summed E-state index contributed by atoms with van der Waals surface area (Å²) in [6.45, 7) is 1.20. The second-order valence-electron chi connectivity index (χ2n) is 2.95. The zero-order valence-corrected chi connectivity index (χ0v) is 8.20. The monoisotopic (exact) mass is 212 g/mol. The average molecular weight is 213 g/mol. The third-order valence-electron chi connectivity index (χ3n) is 1.98. The molecule has 1 aliphatic heterocycles. The van der Waals surface area contributed by atoms with Crippen molar-refractivity contribution in [3.63, 3.8) is 0 Å². The Labute approximate surface area is 86.4 Å². The number of hydrogen-bond acceptors (Lipinski definition) is 3. The van der Waals surface area contributed by atoms with Crippen molar-refractivity contribution in [3.8, 4) is 0 Å². The van der Waals surface area contributed by atoms with Gasteiger partial charge in [-0.2, -0.15) is 0 Å². The molecule has 0 unspecified atom stereocenters. The molecule has 0 aliphatic carbocycles. The van der Waals surface area contributed by atoms with Crippen molar-refractivity contribution >= 4 is 17.5 Å². The van der Waals surface area contributed by atoms with Crippen LogP contribution in [0, 0.1) is 0 Å². The van der Waals surface area contributed by atoms with E-state index in [0.717, 1.165) is 6.42 Å². The van der Waals surface area contributed by atoms with Crippen molar-refractivity contribution in [2.45, 2.75) is 6.42 Å². The van der Waals surface area contributed by atoms with Gasteiger partial charge in [-0.15, -0.1) is 0 Å². The Bertz CT molecular complexity index is 350. The number of carbonyl (C=O) groups excluding carboxylic acids is 1. The standard InChI is InChI=1S/C9H9ClN2O2/c10-8-2-3-11-6-7(8)9(13)12-4-1-5-14-12/h2-3,6H,1,4-5H2. The summed E-state index contributed by atoms with van der Waals surface area (Å²) in [5.41, 5.74) is 0.385. The van der Waals surface area contributed by atoms with Crippen molar-refractivity contribution < 1.29 is 9.63 Å². The van der Waals surface area contributed by atoms with E-state index in [9.17, 15) is 4.79 Å². The van der Waals surface area contributed by atoms with Gasteiger partial charge in [0.05, 0.1) is 23.7 Å². The Kier molecular flexibility index (Phi) is 2.65. The van der Waals surface area contributed by atoms with E-state index < -0.39 is 0 Å². The number of aromatic nitrogens is 1. The van der Waals surface area contributed by atoms with Crippen LogP contribution in [0.4, 0.5) is 0 Å². The van der Waals surface area contributed by atoms with E-state index in [-0.39, 0.29) is 5.91 Å². The minimum atomic E-state index is -0.222. The highest BCUT2D eigenvalue weighted by atomic mass is 35.5. The lowest BCUT2D eigenvalue weighted by molar-refractivity contribution is -0.0768. The van der Waals surface area contributed by atoms with Crippen LogP contribution in [-0.4, -0.2) is 29.1 Å². The van der Waals surface area contributed by atoms with Gasteiger partial charge in [-0.25, -0.2) is 5.06 Å². The molecule has 14 heavy (non-hydrogen) atoms. The molecule has 2 heterocycles. The first kappa shape index (κ1) is 9.43. The summed E-state index contributed by atoms with van der Waals surface area (Å²) in [6, 6.07) is 1.59. The molecule has 0 atom stereocenters. The van der Waals surface area contributed by atoms with Crippen LogP contribution >= 0.6 is 11.6 Å².